The Kier molecular flexibility index (Phi) is 4.86. The second-order valence-electron chi connectivity index (χ2n) is 4.71. The van der Waals surface area contributed by atoms with Crippen LogP contribution >= 0.6 is 27.3 Å². The predicted molar refractivity (Wildman–Crippen MR) is 93.3 cm³/mol. The van der Waals surface area contributed by atoms with Gasteiger partial charge in [-0.15, -0.1) is 11.3 Å². The molecular formula is C16H11BrFN3O2S. The average Bonchev–Trinajstić information content (AvgIpc) is 3.11. The smallest absolute Gasteiger partial charge is 0.265 e. The third kappa shape index (κ3) is 3.44. The first-order chi connectivity index (χ1) is 11.6. The predicted octanol–water partition coefficient (Wildman–Crippen LogP) is 4.51. The van der Waals surface area contributed by atoms with E-state index in [1.54, 1.807) is 30.8 Å². The molecule has 0 atom stereocenters. The number of nitrogens with zero attached hydrogens (tertiary/aromatic N) is 3. The molecule has 0 bridgehead atoms. The molecule has 8 heteroatoms. The van der Waals surface area contributed by atoms with Crippen LogP contribution in [0.25, 0.3) is 0 Å². The highest BCUT2D eigenvalue weighted by Gasteiger charge is 2.21. The van der Waals surface area contributed by atoms with Crippen LogP contribution in [-0.4, -0.2) is 22.9 Å². The Morgan fingerprint density at radius 3 is 2.83 bits per heavy atom. The van der Waals surface area contributed by atoms with Gasteiger partial charge in [0.2, 0.25) is 5.88 Å². The molecule has 0 N–H and O–H groups in total. The number of benzene rings is 1. The third-order valence-electron chi connectivity index (χ3n) is 3.11. The van der Waals surface area contributed by atoms with Crippen LogP contribution in [0.5, 0.6) is 11.6 Å². The van der Waals surface area contributed by atoms with Crippen LogP contribution in [0.3, 0.4) is 0 Å². The van der Waals surface area contributed by atoms with E-state index in [-0.39, 0.29) is 17.4 Å². The number of thiazole rings is 1. The molecule has 0 aliphatic carbocycles. The van der Waals surface area contributed by atoms with Gasteiger partial charge in [0.05, 0.1) is 4.47 Å². The minimum Gasteiger partial charge on any atom is -0.437 e. The van der Waals surface area contributed by atoms with Gasteiger partial charge < -0.3 is 4.74 Å². The maximum atomic E-state index is 13.2. The van der Waals surface area contributed by atoms with Gasteiger partial charge in [-0.2, -0.15) is 0 Å². The summed E-state index contributed by atoms with van der Waals surface area (Å²) in [7, 11) is 1.63. The molecule has 3 rings (SSSR count). The van der Waals surface area contributed by atoms with Crippen LogP contribution in [0, 0.1) is 5.82 Å². The van der Waals surface area contributed by atoms with Crippen molar-refractivity contribution < 1.29 is 13.9 Å². The Hall–Kier alpha value is -2.32. The van der Waals surface area contributed by atoms with Crippen LogP contribution in [0.15, 0.2) is 52.6 Å². The van der Waals surface area contributed by atoms with Gasteiger partial charge in [0.25, 0.3) is 5.91 Å². The largest absolute Gasteiger partial charge is 0.437 e. The van der Waals surface area contributed by atoms with Crippen LogP contribution in [0.4, 0.5) is 9.52 Å². The molecule has 0 aliphatic rings. The number of rotatable bonds is 4. The zero-order chi connectivity index (χ0) is 17.1. The van der Waals surface area contributed by atoms with E-state index >= 15 is 0 Å². The molecule has 24 heavy (non-hydrogen) atoms. The number of anilines is 1. The summed E-state index contributed by atoms with van der Waals surface area (Å²) in [6.45, 7) is 0. The van der Waals surface area contributed by atoms with Crippen molar-refractivity contribution in [3.05, 3.63) is 64.0 Å². The van der Waals surface area contributed by atoms with Gasteiger partial charge in [-0.3, -0.25) is 9.69 Å². The van der Waals surface area contributed by atoms with Crippen molar-refractivity contribution >= 4 is 38.3 Å². The van der Waals surface area contributed by atoms with Gasteiger partial charge in [0, 0.05) is 24.8 Å². The normalized spacial score (nSPS) is 10.5. The Balaban J connectivity index is 1.92. The van der Waals surface area contributed by atoms with Crippen molar-refractivity contribution in [2.45, 2.75) is 0 Å². The topological polar surface area (TPSA) is 55.3 Å². The number of pyridine rings is 1. The quantitative estimate of drug-likeness (QED) is 0.638. The maximum Gasteiger partial charge on any atom is 0.265 e. The molecule has 0 aliphatic heterocycles. The summed E-state index contributed by atoms with van der Waals surface area (Å²) in [5.74, 6) is -0.194. The lowest BCUT2D eigenvalue weighted by Gasteiger charge is -2.16. The molecule has 0 saturated heterocycles. The van der Waals surface area contributed by atoms with E-state index in [1.807, 2.05) is 0 Å². The summed E-state index contributed by atoms with van der Waals surface area (Å²) in [6, 6.07) is 7.28. The van der Waals surface area contributed by atoms with E-state index in [1.165, 1.54) is 40.6 Å². The van der Waals surface area contributed by atoms with Gasteiger partial charge in [-0.05, 0) is 46.3 Å². The Labute approximate surface area is 149 Å². The number of aromatic nitrogens is 2. The van der Waals surface area contributed by atoms with Gasteiger partial charge in [0.15, 0.2) is 5.13 Å². The summed E-state index contributed by atoms with van der Waals surface area (Å²) in [5, 5.41) is 2.35. The molecule has 2 aromatic heterocycles. The zero-order valence-electron chi connectivity index (χ0n) is 12.4. The highest BCUT2D eigenvalue weighted by molar-refractivity contribution is 9.10. The standard InChI is InChI=1S/C16H11BrFN3O2S/c1-21(16-20-7-8-24-16)15(22)11-3-2-6-19-14(11)23-13-5-4-10(18)9-12(13)17/h2-9H,1H3. The number of halogens is 2. The van der Waals surface area contributed by atoms with Crippen molar-refractivity contribution in [1.29, 1.82) is 0 Å². The molecule has 2 heterocycles. The summed E-state index contributed by atoms with van der Waals surface area (Å²) in [6.07, 6.45) is 3.15. The molecule has 0 saturated carbocycles. The van der Waals surface area contributed by atoms with E-state index in [0.29, 0.717) is 15.4 Å². The first-order valence-corrected chi connectivity index (χ1v) is 8.49. The number of carbonyl (C=O) groups is 1. The highest BCUT2D eigenvalue weighted by atomic mass is 79.9. The highest BCUT2D eigenvalue weighted by Crippen LogP contribution is 2.31. The fourth-order valence-electron chi connectivity index (χ4n) is 1.95. The SMILES string of the molecule is CN(C(=O)c1cccnc1Oc1ccc(F)cc1Br)c1nccs1. The Bertz CT molecular complexity index is 874. The van der Waals surface area contributed by atoms with E-state index in [9.17, 15) is 9.18 Å². The lowest BCUT2D eigenvalue weighted by atomic mass is 10.2. The summed E-state index contributed by atoms with van der Waals surface area (Å²) >= 11 is 4.58. The molecule has 0 unspecified atom stereocenters. The molecular weight excluding hydrogens is 397 g/mol. The Morgan fingerprint density at radius 1 is 1.29 bits per heavy atom. The molecule has 0 spiro atoms. The average molecular weight is 408 g/mol. The number of carbonyl (C=O) groups excluding carboxylic acids is 1. The van der Waals surface area contributed by atoms with Crippen molar-refractivity contribution in [3.8, 4) is 11.6 Å². The van der Waals surface area contributed by atoms with Crippen LogP contribution in [0.2, 0.25) is 0 Å². The maximum absolute atomic E-state index is 13.2. The zero-order valence-corrected chi connectivity index (χ0v) is 14.8. The van der Waals surface area contributed by atoms with E-state index in [4.69, 9.17) is 4.74 Å². The van der Waals surface area contributed by atoms with Gasteiger partial charge in [-0.25, -0.2) is 14.4 Å². The van der Waals surface area contributed by atoms with E-state index in [2.05, 4.69) is 25.9 Å². The molecule has 1 amide bonds. The molecule has 3 aromatic rings. The first-order valence-electron chi connectivity index (χ1n) is 6.81. The van der Waals surface area contributed by atoms with E-state index in [0.717, 1.165) is 0 Å². The number of hydrogen-bond donors (Lipinski definition) is 0. The van der Waals surface area contributed by atoms with Crippen LogP contribution < -0.4 is 9.64 Å². The number of amides is 1. The molecule has 0 fully saturated rings. The number of hydrogen-bond acceptors (Lipinski definition) is 5. The Morgan fingerprint density at radius 2 is 2.12 bits per heavy atom. The molecule has 1 aromatic carbocycles. The molecule has 122 valence electrons. The second kappa shape index (κ2) is 7.06. The summed E-state index contributed by atoms with van der Waals surface area (Å²) < 4.78 is 19.3. The summed E-state index contributed by atoms with van der Waals surface area (Å²) in [5.41, 5.74) is 0.284. The monoisotopic (exact) mass is 407 g/mol. The second-order valence-corrected chi connectivity index (χ2v) is 6.44. The summed E-state index contributed by atoms with van der Waals surface area (Å²) in [4.78, 5) is 22.4. The minimum absolute atomic E-state index is 0.137. The first kappa shape index (κ1) is 16.5. The number of ether oxygens (including phenoxy) is 1. The van der Waals surface area contributed by atoms with Crippen molar-refractivity contribution in [1.82, 2.24) is 9.97 Å². The van der Waals surface area contributed by atoms with Crippen LogP contribution in [-0.2, 0) is 0 Å². The van der Waals surface area contributed by atoms with Gasteiger partial charge in [-0.1, -0.05) is 0 Å². The van der Waals surface area contributed by atoms with Crippen molar-refractivity contribution in [3.63, 3.8) is 0 Å². The molecule has 5 nitrogen and oxygen atoms in total. The van der Waals surface area contributed by atoms with Crippen molar-refractivity contribution in [2.24, 2.45) is 0 Å². The van der Waals surface area contributed by atoms with Gasteiger partial charge in [0.1, 0.15) is 17.1 Å². The molecule has 0 radical (unpaired) electrons. The van der Waals surface area contributed by atoms with Gasteiger partial charge >= 0.3 is 0 Å². The van der Waals surface area contributed by atoms with E-state index < -0.39 is 5.82 Å². The fourth-order valence-corrected chi connectivity index (χ4v) is 2.98. The lowest BCUT2D eigenvalue weighted by molar-refractivity contribution is 0.0990. The third-order valence-corrected chi connectivity index (χ3v) is 4.58. The minimum atomic E-state index is -0.393. The van der Waals surface area contributed by atoms with Crippen molar-refractivity contribution in [2.75, 3.05) is 11.9 Å². The lowest BCUT2D eigenvalue weighted by Crippen LogP contribution is -2.26. The van der Waals surface area contributed by atoms with Crippen LogP contribution in [0.1, 0.15) is 10.4 Å². The fraction of sp³-hybridized carbons (Fsp3) is 0.0625.